The predicted molar refractivity (Wildman–Crippen MR) is 65.5 cm³/mol. The normalized spacial score (nSPS) is 17.4. The predicted octanol–water partition coefficient (Wildman–Crippen LogP) is 2.03. The summed E-state index contributed by atoms with van der Waals surface area (Å²) in [5.74, 6) is -0.390. The Hall–Kier alpha value is -1.77. The van der Waals surface area contributed by atoms with Crippen molar-refractivity contribution in [3.63, 3.8) is 0 Å². The lowest BCUT2D eigenvalue weighted by atomic mass is 9.84. The fourth-order valence-corrected chi connectivity index (χ4v) is 2.20. The van der Waals surface area contributed by atoms with Crippen LogP contribution in [0.4, 0.5) is 5.69 Å². The molecule has 3 nitrogen and oxygen atoms in total. The summed E-state index contributed by atoms with van der Waals surface area (Å²) >= 11 is 0. The van der Waals surface area contributed by atoms with Crippen LogP contribution in [-0.2, 0) is 5.41 Å². The minimum Gasteiger partial charge on any atom is -0.366 e. The first-order chi connectivity index (χ1) is 7.35. The number of anilines is 1. The Morgan fingerprint density at radius 1 is 1.44 bits per heavy atom. The summed E-state index contributed by atoms with van der Waals surface area (Å²) < 4.78 is 0. The first-order valence-electron chi connectivity index (χ1n) is 5.23. The maximum atomic E-state index is 11.2. The molecule has 0 fully saturated rings. The summed E-state index contributed by atoms with van der Waals surface area (Å²) in [6.07, 6.45) is 0. The highest BCUT2D eigenvalue weighted by atomic mass is 16.1. The maximum Gasteiger partial charge on any atom is 0.248 e. The van der Waals surface area contributed by atoms with Crippen molar-refractivity contribution < 1.29 is 4.79 Å². The van der Waals surface area contributed by atoms with Gasteiger partial charge < -0.3 is 10.6 Å². The van der Waals surface area contributed by atoms with Crippen LogP contribution in [0.5, 0.6) is 0 Å². The van der Waals surface area contributed by atoms with E-state index in [0.29, 0.717) is 5.56 Å². The van der Waals surface area contributed by atoms with Crippen LogP contribution in [0.1, 0.15) is 29.8 Å². The van der Waals surface area contributed by atoms with Gasteiger partial charge in [0.05, 0.1) is 0 Å². The lowest BCUT2D eigenvalue weighted by Gasteiger charge is -2.22. The maximum absolute atomic E-state index is 11.2. The highest BCUT2D eigenvalue weighted by Gasteiger charge is 2.37. The van der Waals surface area contributed by atoms with Gasteiger partial charge in [-0.3, -0.25) is 4.79 Å². The highest BCUT2D eigenvalue weighted by molar-refractivity contribution is 5.94. The van der Waals surface area contributed by atoms with E-state index in [1.54, 1.807) is 6.07 Å². The molecule has 0 saturated carbocycles. The quantitative estimate of drug-likeness (QED) is 0.780. The number of carbonyl (C=O) groups excluding carboxylic acids is 1. The molecule has 1 aliphatic rings. The summed E-state index contributed by atoms with van der Waals surface area (Å²) in [5.41, 5.74) is 8.93. The molecule has 2 rings (SSSR count). The molecule has 0 unspecified atom stereocenters. The number of nitrogens with zero attached hydrogens (tertiary/aromatic N) is 1. The highest BCUT2D eigenvalue weighted by Crippen LogP contribution is 2.46. The van der Waals surface area contributed by atoms with E-state index in [1.807, 2.05) is 19.2 Å². The molecule has 0 aromatic heterocycles. The van der Waals surface area contributed by atoms with Crippen LogP contribution in [0.25, 0.3) is 0 Å². The third-order valence-electron chi connectivity index (χ3n) is 3.44. The lowest BCUT2D eigenvalue weighted by Crippen LogP contribution is -2.21. The number of benzene rings is 1. The summed E-state index contributed by atoms with van der Waals surface area (Å²) in [6.45, 7) is 8.29. The fourth-order valence-electron chi connectivity index (χ4n) is 2.20. The van der Waals surface area contributed by atoms with Gasteiger partial charge in [0.25, 0.3) is 0 Å². The molecule has 2 N–H and O–H groups in total. The molecule has 0 radical (unpaired) electrons. The van der Waals surface area contributed by atoms with Crippen LogP contribution >= 0.6 is 0 Å². The average molecular weight is 216 g/mol. The average Bonchev–Trinajstić information content (AvgIpc) is 2.40. The number of fused-ring (bicyclic) bond motifs is 1. The molecule has 84 valence electrons. The van der Waals surface area contributed by atoms with Gasteiger partial charge in [0, 0.05) is 29.4 Å². The molecular formula is C13H16N2O. The number of amides is 1. The molecule has 1 heterocycles. The summed E-state index contributed by atoms with van der Waals surface area (Å²) in [4.78, 5) is 13.2. The molecule has 1 amide bonds. The van der Waals surface area contributed by atoms with E-state index in [-0.39, 0.29) is 5.41 Å². The standard InChI is InChI=1S/C13H16N2O/c1-8-13(2,3)10-7-9(12(14)16)5-6-11(10)15(8)4/h5-7H,1H2,2-4H3,(H2,14,16). The number of hydrogen-bond acceptors (Lipinski definition) is 2. The lowest BCUT2D eigenvalue weighted by molar-refractivity contribution is 0.1000. The Morgan fingerprint density at radius 2 is 2.06 bits per heavy atom. The van der Waals surface area contributed by atoms with Crippen LogP contribution in [0, 0.1) is 0 Å². The molecule has 1 aromatic rings. The second-order valence-electron chi connectivity index (χ2n) is 4.73. The van der Waals surface area contributed by atoms with Crippen molar-refractivity contribution in [1.29, 1.82) is 0 Å². The smallest absolute Gasteiger partial charge is 0.248 e. The number of carbonyl (C=O) groups is 1. The molecule has 3 heteroatoms. The Bertz CT molecular complexity index is 489. The van der Waals surface area contributed by atoms with Gasteiger partial charge in [-0.05, 0) is 23.8 Å². The molecule has 16 heavy (non-hydrogen) atoms. The van der Waals surface area contributed by atoms with E-state index >= 15 is 0 Å². The number of rotatable bonds is 1. The zero-order valence-corrected chi connectivity index (χ0v) is 9.87. The zero-order chi connectivity index (χ0) is 12.1. The number of likely N-dealkylation sites (N-methyl/N-ethyl adjacent to an activating group) is 1. The number of nitrogens with two attached hydrogens (primary N) is 1. The van der Waals surface area contributed by atoms with Gasteiger partial charge in [-0.2, -0.15) is 0 Å². The Kier molecular flexibility index (Phi) is 2.09. The Morgan fingerprint density at radius 3 is 2.62 bits per heavy atom. The SMILES string of the molecule is C=C1N(C)c2ccc(C(N)=O)cc2C1(C)C. The van der Waals surface area contributed by atoms with Gasteiger partial charge in [-0.1, -0.05) is 20.4 Å². The first kappa shape index (κ1) is 10.7. The molecule has 0 aliphatic carbocycles. The summed E-state index contributed by atoms with van der Waals surface area (Å²) in [7, 11) is 1.99. The zero-order valence-electron chi connectivity index (χ0n) is 9.87. The minimum atomic E-state index is -0.390. The van der Waals surface area contributed by atoms with Gasteiger partial charge in [0.2, 0.25) is 5.91 Å². The molecule has 1 aliphatic heterocycles. The van der Waals surface area contributed by atoms with Crippen molar-refractivity contribution in [3.05, 3.63) is 41.6 Å². The van der Waals surface area contributed by atoms with E-state index in [9.17, 15) is 4.79 Å². The van der Waals surface area contributed by atoms with Crippen molar-refractivity contribution in [1.82, 2.24) is 0 Å². The van der Waals surface area contributed by atoms with Crippen molar-refractivity contribution in [2.24, 2.45) is 5.73 Å². The van der Waals surface area contributed by atoms with E-state index in [1.165, 1.54) is 0 Å². The minimum absolute atomic E-state index is 0.143. The Balaban J connectivity index is 2.65. The molecular weight excluding hydrogens is 200 g/mol. The van der Waals surface area contributed by atoms with Gasteiger partial charge in [0.15, 0.2) is 0 Å². The molecule has 0 saturated heterocycles. The molecule has 1 aromatic carbocycles. The Labute approximate surface area is 95.6 Å². The van der Waals surface area contributed by atoms with Gasteiger partial charge in [-0.25, -0.2) is 0 Å². The van der Waals surface area contributed by atoms with Crippen molar-refractivity contribution in [2.45, 2.75) is 19.3 Å². The van der Waals surface area contributed by atoms with Crippen molar-refractivity contribution in [2.75, 3.05) is 11.9 Å². The fraction of sp³-hybridized carbons (Fsp3) is 0.308. The third-order valence-corrected chi connectivity index (χ3v) is 3.44. The third kappa shape index (κ3) is 1.24. The number of primary amides is 1. The summed E-state index contributed by atoms with van der Waals surface area (Å²) in [6, 6.07) is 5.55. The van der Waals surface area contributed by atoms with E-state index in [2.05, 4.69) is 25.3 Å². The van der Waals surface area contributed by atoms with Crippen LogP contribution in [0.3, 0.4) is 0 Å². The van der Waals surface area contributed by atoms with E-state index in [4.69, 9.17) is 5.73 Å². The van der Waals surface area contributed by atoms with Crippen LogP contribution in [0.2, 0.25) is 0 Å². The second-order valence-corrected chi connectivity index (χ2v) is 4.73. The second kappa shape index (κ2) is 3.11. The van der Waals surface area contributed by atoms with Crippen LogP contribution in [-0.4, -0.2) is 13.0 Å². The first-order valence-corrected chi connectivity index (χ1v) is 5.23. The van der Waals surface area contributed by atoms with Crippen LogP contribution < -0.4 is 10.6 Å². The van der Waals surface area contributed by atoms with Crippen LogP contribution in [0.15, 0.2) is 30.5 Å². The molecule has 0 atom stereocenters. The van der Waals surface area contributed by atoms with Gasteiger partial charge in [-0.15, -0.1) is 0 Å². The monoisotopic (exact) mass is 216 g/mol. The molecule has 0 spiro atoms. The van der Waals surface area contributed by atoms with Crippen molar-refractivity contribution in [3.8, 4) is 0 Å². The summed E-state index contributed by atoms with van der Waals surface area (Å²) in [5, 5.41) is 0. The molecule has 0 bridgehead atoms. The van der Waals surface area contributed by atoms with Gasteiger partial charge >= 0.3 is 0 Å². The van der Waals surface area contributed by atoms with Crippen molar-refractivity contribution >= 4 is 11.6 Å². The number of hydrogen-bond donors (Lipinski definition) is 1. The van der Waals surface area contributed by atoms with E-state index < -0.39 is 5.91 Å². The van der Waals surface area contributed by atoms with Gasteiger partial charge in [0.1, 0.15) is 0 Å². The number of allylic oxidation sites excluding steroid dienone is 1. The topological polar surface area (TPSA) is 46.3 Å². The van der Waals surface area contributed by atoms with E-state index in [0.717, 1.165) is 16.9 Å². The largest absolute Gasteiger partial charge is 0.366 e.